The van der Waals surface area contributed by atoms with E-state index in [1.165, 1.54) is 0 Å². The molecule has 9 nitrogen and oxygen atoms in total. The molecule has 5 rings (SSSR count). The first-order valence-corrected chi connectivity index (χ1v) is 13.8. The fourth-order valence-corrected chi connectivity index (χ4v) is 5.60. The lowest BCUT2D eigenvalue weighted by atomic mass is 9.90. The highest BCUT2D eigenvalue weighted by atomic mass is 16.7. The number of hydrogen-bond acceptors (Lipinski definition) is 6. The summed E-state index contributed by atoms with van der Waals surface area (Å²) in [7, 11) is 1.72. The number of likely N-dealkylation sites (N-methyl/N-ethyl adjacent to an activating group) is 1. The van der Waals surface area contributed by atoms with E-state index in [0.29, 0.717) is 19.8 Å². The number of hydrogen-bond donors (Lipinski definition) is 3. The molecule has 4 N–H and O–H groups in total. The average molecular weight is 534 g/mol. The quantitative estimate of drug-likeness (QED) is 0.411. The van der Waals surface area contributed by atoms with Gasteiger partial charge in [-0.1, -0.05) is 43.3 Å². The summed E-state index contributed by atoms with van der Waals surface area (Å²) in [6.45, 7) is 4.56. The molecule has 9 heteroatoms. The van der Waals surface area contributed by atoms with Crippen LogP contribution in [0.5, 0.6) is 0 Å². The molecule has 3 aromatic rings. The molecule has 1 aromatic heterocycles. The Bertz CT molecular complexity index is 1260. The van der Waals surface area contributed by atoms with Crippen LogP contribution in [-0.4, -0.2) is 80.0 Å². The Kier molecular flexibility index (Phi) is 8.50. The molecular weight excluding hydrogens is 494 g/mol. The second-order valence-corrected chi connectivity index (χ2v) is 10.8. The minimum absolute atomic E-state index is 0.0924. The molecule has 3 unspecified atom stereocenters. The summed E-state index contributed by atoms with van der Waals surface area (Å²) >= 11 is 0. The van der Waals surface area contributed by atoms with Gasteiger partial charge in [-0.15, -0.1) is 0 Å². The number of fused-ring (bicyclic) bond motifs is 1. The highest BCUT2D eigenvalue weighted by molar-refractivity contribution is 5.91. The zero-order chi connectivity index (χ0) is 27.4. The molecule has 2 saturated heterocycles. The molecule has 2 aliphatic heterocycles. The predicted octanol–water partition coefficient (Wildman–Crippen LogP) is 2.83. The molecule has 0 saturated carbocycles. The second-order valence-electron chi connectivity index (χ2n) is 10.8. The van der Waals surface area contributed by atoms with Crippen LogP contribution in [0, 0.1) is 5.92 Å². The van der Waals surface area contributed by atoms with E-state index in [4.69, 9.17) is 15.2 Å². The number of para-hydroxylation sites is 2. The molecular formula is C30H39N5O4. The van der Waals surface area contributed by atoms with E-state index >= 15 is 0 Å². The number of H-pyrrole nitrogens is 1. The predicted molar refractivity (Wildman–Crippen MR) is 151 cm³/mol. The maximum Gasteiger partial charge on any atom is 0.245 e. The molecule has 0 spiro atoms. The number of piperidine rings is 1. The van der Waals surface area contributed by atoms with Crippen LogP contribution in [0.3, 0.4) is 0 Å². The van der Waals surface area contributed by atoms with Gasteiger partial charge in [-0.3, -0.25) is 9.59 Å². The van der Waals surface area contributed by atoms with Crippen molar-refractivity contribution in [1.29, 1.82) is 0 Å². The summed E-state index contributed by atoms with van der Waals surface area (Å²) < 4.78 is 11.3. The molecule has 0 bridgehead atoms. The van der Waals surface area contributed by atoms with Crippen LogP contribution >= 0.6 is 0 Å². The number of ether oxygens (including phenoxy) is 2. The van der Waals surface area contributed by atoms with E-state index in [1.807, 2.05) is 55.6 Å². The molecule has 0 radical (unpaired) electrons. The molecule has 208 valence electrons. The van der Waals surface area contributed by atoms with Gasteiger partial charge in [-0.05, 0) is 36.6 Å². The molecule has 2 aromatic carbocycles. The Morgan fingerprint density at radius 1 is 1.13 bits per heavy atom. The van der Waals surface area contributed by atoms with Gasteiger partial charge in [0.2, 0.25) is 11.8 Å². The maximum absolute atomic E-state index is 13.9. The number of carbonyl (C=O) groups is 2. The van der Waals surface area contributed by atoms with Crippen molar-refractivity contribution in [2.24, 2.45) is 11.7 Å². The number of carbonyl (C=O) groups excluding carboxylic acids is 2. The van der Waals surface area contributed by atoms with Gasteiger partial charge in [0.25, 0.3) is 0 Å². The zero-order valence-corrected chi connectivity index (χ0v) is 22.7. The highest BCUT2D eigenvalue weighted by Gasteiger charge is 2.36. The molecule has 3 heterocycles. The minimum Gasteiger partial charge on any atom is -0.371 e. The van der Waals surface area contributed by atoms with E-state index in [1.54, 1.807) is 11.9 Å². The second kappa shape index (κ2) is 12.2. The molecule has 3 atom stereocenters. The Labute approximate surface area is 229 Å². The Morgan fingerprint density at radius 3 is 2.62 bits per heavy atom. The molecule has 2 fully saturated rings. The number of nitrogens with two attached hydrogens (primary N) is 1. The van der Waals surface area contributed by atoms with Crippen molar-refractivity contribution >= 4 is 28.4 Å². The molecule has 39 heavy (non-hydrogen) atoms. The first kappa shape index (κ1) is 27.2. The van der Waals surface area contributed by atoms with Crippen LogP contribution in [0.2, 0.25) is 0 Å². The number of aromatic amines is 1. The summed E-state index contributed by atoms with van der Waals surface area (Å²) in [5.74, 6) is -0.749. The number of benzene rings is 2. The van der Waals surface area contributed by atoms with Crippen LogP contribution in [0.4, 0.5) is 5.69 Å². The summed E-state index contributed by atoms with van der Waals surface area (Å²) in [5, 5.41) is 4.21. The summed E-state index contributed by atoms with van der Waals surface area (Å²) in [4.78, 5) is 34.8. The number of nitrogens with one attached hydrogen (secondary N) is 2. The Hall–Kier alpha value is -3.40. The SMILES string of the molecule is CC(c1c[nH]c2ccccc12)C(NC(=O)C1CCCN(c2ccccc2)C1)C(=O)N(C)CC1OCC(N)CO1. The van der Waals surface area contributed by atoms with Gasteiger partial charge in [0.15, 0.2) is 6.29 Å². The first-order valence-electron chi connectivity index (χ1n) is 13.8. The molecule has 2 amide bonds. The van der Waals surface area contributed by atoms with E-state index in [0.717, 1.165) is 41.5 Å². The van der Waals surface area contributed by atoms with E-state index in [2.05, 4.69) is 27.3 Å². The number of anilines is 1. The van der Waals surface area contributed by atoms with Crippen molar-refractivity contribution in [3.05, 3.63) is 66.4 Å². The monoisotopic (exact) mass is 533 g/mol. The van der Waals surface area contributed by atoms with E-state index < -0.39 is 12.3 Å². The van der Waals surface area contributed by atoms with Gasteiger partial charge in [0.05, 0.1) is 31.7 Å². The van der Waals surface area contributed by atoms with Crippen molar-refractivity contribution in [3.8, 4) is 0 Å². The lowest BCUT2D eigenvalue weighted by molar-refractivity contribution is -0.193. The lowest BCUT2D eigenvalue weighted by Crippen LogP contribution is -2.55. The first-order chi connectivity index (χ1) is 18.9. The Balaban J connectivity index is 1.34. The third-order valence-corrected chi connectivity index (χ3v) is 7.88. The highest BCUT2D eigenvalue weighted by Crippen LogP contribution is 2.30. The normalized spacial score (nSPS) is 23.3. The topological polar surface area (TPSA) is 113 Å². The fourth-order valence-electron chi connectivity index (χ4n) is 5.60. The van der Waals surface area contributed by atoms with Crippen molar-refractivity contribution in [1.82, 2.24) is 15.2 Å². The minimum atomic E-state index is -0.750. The van der Waals surface area contributed by atoms with Gasteiger partial charge >= 0.3 is 0 Å². The van der Waals surface area contributed by atoms with Gasteiger partial charge < -0.3 is 35.3 Å². The average Bonchev–Trinajstić information content (AvgIpc) is 3.41. The smallest absolute Gasteiger partial charge is 0.245 e. The number of rotatable bonds is 8. The Morgan fingerprint density at radius 2 is 1.85 bits per heavy atom. The summed E-state index contributed by atoms with van der Waals surface area (Å²) in [6, 6.07) is 17.3. The van der Waals surface area contributed by atoms with Crippen molar-refractivity contribution in [3.63, 3.8) is 0 Å². The summed E-state index contributed by atoms with van der Waals surface area (Å²) in [6.07, 6.45) is 3.10. The van der Waals surface area contributed by atoms with Crippen LogP contribution < -0.4 is 16.0 Å². The van der Waals surface area contributed by atoms with Gasteiger partial charge in [0, 0.05) is 48.8 Å². The standard InChI is InChI=1S/C30H39N5O4/c1-20(25-15-32-26-13-7-6-12-24(25)26)28(30(37)34(2)17-27-38-18-22(31)19-39-27)33-29(36)21-9-8-14-35(16-21)23-10-4-3-5-11-23/h3-7,10-13,15,20-22,27-28,32H,8-9,14,16-19,31H2,1-2H3,(H,33,36). The number of nitrogens with zero attached hydrogens (tertiary/aromatic N) is 2. The molecule has 0 aliphatic carbocycles. The summed E-state index contributed by atoms with van der Waals surface area (Å²) in [5.41, 5.74) is 8.96. The fraction of sp³-hybridized carbons (Fsp3) is 0.467. The zero-order valence-electron chi connectivity index (χ0n) is 22.7. The maximum atomic E-state index is 13.9. The number of aromatic nitrogens is 1. The van der Waals surface area contributed by atoms with Crippen molar-refractivity contribution < 1.29 is 19.1 Å². The van der Waals surface area contributed by atoms with Crippen molar-refractivity contribution in [2.75, 3.05) is 44.8 Å². The van der Waals surface area contributed by atoms with Crippen LogP contribution in [0.15, 0.2) is 60.8 Å². The van der Waals surface area contributed by atoms with Gasteiger partial charge in [-0.2, -0.15) is 0 Å². The molecule has 2 aliphatic rings. The number of amides is 2. The van der Waals surface area contributed by atoms with Crippen molar-refractivity contribution in [2.45, 2.75) is 44.1 Å². The van der Waals surface area contributed by atoms with Crippen LogP contribution in [0.1, 0.15) is 31.2 Å². The third kappa shape index (κ3) is 6.27. The van der Waals surface area contributed by atoms with Crippen LogP contribution in [0.25, 0.3) is 10.9 Å². The largest absolute Gasteiger partial charge is 0.371 e. The lowest BCUT2D eigenvalue weighted by Gasteiger charge is -2.36. The van der Waals surface area contributed by atoms with Gasteiger partial charge in [0.1, 0.15) is 6.04 Å². The third-order valence-electron chi connectivity index (χ3n) is 7.88. The van der Waals surface area contributed by atoms with E-state index in [-0.39, 0.29) is 36.2 Å². The van der Waals surface area contributed by atoms with Gasteiger partial charge in [-0.25, -0.2) is 0 Å². The van der Waals surface area contributed by atoms with E-state index in [9.17, 15) is 9.59 Å². The van der Waals surface area contributed by atoms with Crippen LogP contribution in [-0.2, 0) is 19.1 Å².